The predicted molar refractivity (Wildman–Crippen MR) is 140 cm³/mol. The van der Waals surface area contributed by atoms with Crippen molar-refractivity contribution in [3.63, 3.8) is 0 Å². The van der Waals surface area contributed by atoms with Gasteiger partial charge in [0.1, 0.15) is 11.1 Å². The zero-order chi connectivity index (χ0) is 24.9. The molecular formula is C29H31ClN2O4. The molecular weight excluding hydrogens is 476 g/mol. The first-order valence-electron chi connectivity index (χ1n) is 12.6. The zero-order valence-electron chi connectivity index (χ0n) is 20.5. The van der Waals surface area contributed by atoms with E-state index in [4.69, 9.17) is 25.8 Å². The third-order valence-electron chi connectivity index (χ3n) is 6.67. The molecule has 2 aliphatic heterocycles. The van der Waals surface area contributed by atoms with Crippen LogP contribution in [0.3, 0.4) is 0 Å². The van der Waals surface area contributed by atoms with Crippen molar-refractivity contribution in [3.8, 4) is 5.88 Å². The van der Waals surface area contributed by atoms with Crippen LogP contribution < -0.4 is 9.64 Å². The molecule has 0 saturated carbocycles. The predicted octanol–water partition coefficient (Wildman–Crippen LogP) is 5.98. The lowest BCUT2D eigenvalue weighted by Crippen LogP contribution is -2.26. The number of benzene rings is 2. The molecule has 2 saturated heterocycles. The van der Waals surface area contributed by atoms with Crippen LogP contribution in [0.1, 0.15) is 52.7 Å². The minimum absolute atomic E-state index is 0.00726. The van der Waals surface area contributed by atoms with E-state index in [1.807, 2.05) is 49.4 Å². The van der Waals surface area contributed by atoms with E-state index in [1.165, 1.54) is 0 Å². The molecule has 6 nitrogen and oxygen atoms in total. The molecule has 0 radical (unpaired) electrons. The van der Waals surface area contributed by atoms with E-state index in [0.717, 1.165) is 55.6 Å². The van der Waals surface area contributed by atoms with Crippen LogP contribution in [0, 0.1) is 6.92 Å². The Balaban J connectivity index is 1.36. The van der Waals surface area contributed by atoms with Gasteiger partial charge in [-0.2, -0.15) is 0 Å². The number of rotatable bonds is 8. The van der Waals surface area contributed by atoms with E-state index in [9.17, 15) is 4.79 Å². The molecule has 188 valence electrons. The molecule has 0 aliphatic carbocycles. The molecule has 2 aliphatic rings. The number of pyridine rings is 1. The van der Waals surface area contributed by atoms with E-state index >= 15 is 0 Å². The van der Waals surface area contributed by atoms with Gasteiger partial charge in [0.05, 0.1) is 13.2 Å². The second-order valence-electron chi connectivity index (χ2n) is 9.41. The van der Waals surface area contributed by atoms with E-state index in [0.29, 0.717) is 35.2 Å². The number of carbonyl (C=O) groups excluding carboxylic acids is 1. The van der Waals surface area contributed by atoms with Gasteiger partial charge in [0.2, 0.25) is 5.88 Å². The summed E-state index contributed by atoms with van der Waals surface area (Å²) in [7, 11) is 0. The summed E-state index contributed by atoms with van der Waals surface area (Å²) in [6.07, 6.45) is 5.36. The van der Waals surface area contributed by atoms with E-state index < -0.39 is 0 Å². The van der Waals surface area contributed by atoms with Crippen molar-refractivity contribution in [2.45, 2.75) is 51.6 Å². The first-order valence-corrected chi connectivity index (χ1v) is 12.9. The van der Waals surface area contributed by atoms with Crippen molar-refractivity contribution < 1.29 is 19.0 Å². The number of nitrogens with zero attached hydrogens (tertiary/aromatic N) is 2. The second-order valence-corrected chi connectivity index (χ2v) is 9.82. The summed E-state index contributed by atoms with van der Waals surface area (Å²) in [5, 5.41) is 0.511. The van der Waals surface area contributed by atoms with Crippen LogP contribution in [0.4, 0.5) is 5.69 Å². The van der Waals surface area contributed by atoms with Gasteiger partial charge in [0.15, 0.2) is 12.1 Å². The van der Waals surface area contributed by atoms with Gasteiger partial charge < -0.3 is 19.1 Å². The summed E-state index contributed by atoms with van der Waals surface area (Å²) in [5.41, 5.74) is 4.42. The Labute approximate surface area is 217 Å². The summed E-state index contributed by atoms with van der Waals surface area (Å²) in [4.78, 5) is 19.8. The zero-order valence-corrected chi connectivity index (χ0v) is 21.2. The van der Waals surface area contributed by atoms with Crippen molar-refractivity contribution in [2.75, 3.05) is 24.6 Å². The molecule has 0 N–H and O–H groups in total. The number of ketones is 1. The Hall–Kier alpha value is -2.93. The van der Waals surface area contributed by atoms with Crippen molar-refractivity contribution in [2.24, 2.45) is 0 Å². The number of hydrogen-bond acceptors (Lipinski definition) is 6. The molecule has 36 heavy (non-hydrogen) atoms. The van der Waals surface area contributed by atoms with Gasteiger partial charge >= 0.3 is 0 Å². The summed E-state index contributed by atoms with van der Waals surface area (Å²) in [6, 6.07) is 17.2. The number of carbonyl (C=O) groups is 1. The van der Waals surface area contributed by atoms with Crippen LogP contribution >= 0.6 is 11.6 Å². The van der Waals surface area contributed by atoms with E-state index in [2.05, 4.69) is 9.88 Å². The van der Waals surface area contributed by atoms with Crippen LogP contribution in [-0.4, -0.2) is 42.9 Å². The van der Waals surface area contributed by atoms with Crippen LogP contribution in [0.5, 0.6) is 5.88 Å². The fourth-order valence-corrected chi connectivity index (χ4v) is 4.95. The minimum atomic E-state index is -0.205. The van der Waals surface area contributed by atoms with Gasteiger partial charge in [-0.1, -0.05) is 35.4 Å². The van der Waals surface area contributed by atoms with Crippen LogP contribution in [0.2, 0.25) is 5.02 Å². The molecule has 3 heterocycles. The maximum atomic E-state index is 13.3. The largest absolute Gasteiger partial charge is 0.471 e. The molecule has 3 aromatic rings. The van der Waals surface area contributed by atoms with Crippen LogP contribution in [0.15, 0.2) is 60.8 Å². The normalized spacial score (nSPS) is 19.9. The maximum Gasteiger partial charge on any atom is 0.232 e. The Morgan fingerprint density at radius 3 is 2.81 bits per heavy atom. The highest BCUT2D eigenvalue weighted by molar-refractivity contribution is 6.31. The summed E-state index contributed by atoms with van der Waals surface area (Å²) in [5.74, 6) is 0.468. The van der Waals surface area contributed by atoms with Gasteiger partial charge in [-0.3, -0.25) is 4.79 Å². The number of aryl methyl sites for hydroxylation is 1. The lowest BCUT2D eigenvalue weighted by Gasteiger charge is -2.26. The molecule has 2 aromatic carbocycles. The van der Waals surface area contributed by atoms with Gasteiger partial charge in [-0.15, -0.1) is 0 Å². The third-order valence-corrected chi connectivity index (χ3v) is 6.96. The van der Waals surface area contributed by atoms with E-state index in [-0.39, 0.29) is 18.2 Å². The van der Waals surface area contributed by atoms with Crippen LogP contribution in [0.25, 0.3) is 0 Å². The number of anilines is 1. The highest BCUT2D eigenvalue weighted by atomic mass is 35.5. The number of halogens is 1. The lowest BCUT2D eigenvalue weighted by molar-refractivity contribution is -0.168. The highest BCUT2D eigenvalue weighted by Gasteiger charge is 2.27. The minimum Gasteiger partial charge on any atom is -0.471 e. The second kappa shape index (κ2) is 11.4. The van der Waals surface area contributed by atoms with Gasteiger partial charge in [0.25, 0.3) is 0 Å². The van der Waals surface area contributed by atoms with Crippen molar-refractivity contribution in [3.05, 3.63) is 88.1 Å². The Morgan fingerprint density at radius 2 is 2.00 bits per heavy atom. The smallest absolute Gasteiger partial charge is 0.232 e. The average molecular weight is 507 g/mol. The topological polar surface area (TPSA) is 60.9 Å². The fraction of sp³-hybridized carbons (Fsp3) is 0.379. The van der Waals surface area contributed by atoms with Crippen molar-refractivity contribution >= 4 is 23.1 Å². The Kier molecular flexibility index (Phi) is 7.85. The first kappa shape index (κ1) is 24.8. The monoisotopic (exact) mass is 506 g/mol. The summed E-state index contributed by atoms with van der Waals surface area (Å²) in [6.45, 7) is 4.62. The quantitative estimate of drug-likeness (QED) is 0.350. The molecule has 2 atom stereocenters. The third kappa shape index (κ3) is 5.89. The van der Waals surface area contributed by atoms with Gasteiger partial charge in [-0.05, 0) is 62.6 Å². The molecule has 0 spiro atoms. The molecule has 5 rings (SSSR count). The Bertz CT molecular complexity index is 1210. The first-order chi connectivity index (χ1) is 17.6. The summed E-state index contributed by atoms with van der Waals surface area (Å²) >= 11 is 6.24. The molecule has 1 aromatic heterocycles. The molecule has 0 amide bonds. The lowest BCUT2D eigenvalue weighted by atomic mass is 9.99. The van der Waals surface area contributed by atoms with E-state index in [1.54, 1.807) is 18.3 Å². The highest BCUT2D eigenvalue weighted by Crippen LogP contribution is 2.31. The van der Waals surface area contributed by atoms with Crippen molar-refractivity contribution in [1.29, 1.82) is 0 Å². The number of ether oxygens (including phenoxy) is 3. The van der Waals surface area contributed by atoms with Gasteiger partial charge in [-0.25, -0.2) is 4.98 Å². The van der Waals surface area contributed by atoms with Crippen LogP contribution in [-0.2, 0) is 16.1 Å². The van der Waals surface area contributed by atoms with Crippen molar-refractivity contribution in [1.82, 2.24) is 4.98 Å². The standard InChI is InChI=1S/C29H31ClN2O4/c1-20-6-4-7-21(16-20)28(33)22-10-11-26(23(17-22)19-35-27-9-2-3-15-34-27)32-14-12-24(18-32)36-29-25(30)8-5-13-31-29/h4-8,10-11,13,16-17,24,27H,2-3,9,12,14-15,18-19H2,1H3. The number of aromatic nitrogens is 1. The summed E-state index contributed by atoms with van der Waals surface area (Å²) < 4.78 is 18.0. The molecule has 2 fully saturated rings. The molecule has 0 bridgehead atoms. The maximum absolute atomic E-state index is 13.3. The van der Waals surface area contributed by atoms with Gasteiger partial charge in [0, 0.05) is 48.1 Å². The number of hydrogen-bond donors (Lipinski definition) is 0. The Morgan fingerprint density at radius 1 is 1.11 bits per heavy atom. The molecule has 7 heteroatoms. The SMILES string of the molecule is Cc1cccc(C(=O)c2ccc(N3CCC(Oc4ncccc4Cl)C3)c(COC3CCCCO3)c2)c1. The molecule has 2 unspecified atom stereocenters. The average Bonchev–Trinajstić information content (AvgIpc) is 3.37. The fourth-order valence-electron chi connectivity index (χ4n) is 4.79.